The van der Waals surface area contributed by atoms with Crippen molar-refractivity contribution >= 4 is 8.41 Å². The lowest BCUT2D eigenvalue weighted by atomic mass is 10.0. The molecule has 0 rings (SSSR count). The Bertz CT molecular complexity index is 94.2. The first-order valence-corrected chi connectivity index (χ1v) is 4.16. The van der Waals surface area contributed by atoms with E-state index in [2.05, 4.69) is 46.4 Å². The molecule has 0 heterocycles. The molecule has 0 atom stereocenters. The van der Waals surface area contributed by atoms with Gasteiger partial charge in [-0.25, -0.2) is 0 Å². The third kappa shape index (κ3) is 4.46. The number of rotatable bonds is 2. The highest BCUT2D eigenvalue weighted by Crippen LogP contribution is 2.15. The van der Waals surface area contributed by atoms with Crippen LogP contribution in [0.2, 0.25) is 0 Å². The summed E-state index contributed by atoms with van der Waals surface area (Å²) in [6.07, 6.45) is 0. The molecule has 0 amide bonds. The molecule has 0 N–H and O–H groups in total. The van der Waals surface area contributed by atoms with Gasteiger partial charge in [0.05, 0.1) is 0 Å². The summed E-state index contributed by atoms with van der Waals surface area (Å²) in [5.74, 6) is 0. The summed E-state index contributed by atoms with van der Waals surface area (Å²) < 4.78 is 0. The average Bonchev–Trinajstić information content (AvgIpc) is 1.60. The molecule has 11 heavy (non-hydrogen) atoms. The lowest BCUT2D eigenvalue weighted by Gasteiger charge is -2.38. The summed E-state index contributed by atoms with van der Waals surface area (Å²) in [5, 5.41) is 0. The van der Waals surface area contributed by atoms with E-state index in [9.17, 15) is 0 Å². The van der Waals surface area contributed by atoms with Crippen molar-refractivity contribution in [2.45, 2.75) is 53.1 Å². The van der Waals surface area contributed by atoms with Crippen LogP contribution in [0.5, 0.6) is 0 Å². The van der Waals surface area contributed by atoms with Gasteiger partial charge in [0, 0.05) is 20.0 Å². The van der Waals surface area contributed by atoms with Gasteiger partial charge >= 0.3 is 0 Å². The van der Waals surface area contributed by atoms with Crippen LogP contribution in [0.1, 0.15) is 41.5 Å². The van der Waals surface area contributed by atoms with Gasteiger partial charge in [0.1, 0.15) is 0 Å². The molecule has 0 aliphatic heterocycles. The Labute approximate surface area is 73.7 Å². The molecule has 0 aliphatic rings. The molecular weight excluding hydrogens is 133 g/mol. The molecule has 0 spiro atoms. The van der Waals surface area contributed by atoms with Crippen molar-refractivity contribution < 1.29 is 0 Å². The minimum absolute atomic E-state index is 0. The molecule has 65 valence electrons. The van der Waals surface area contributed by atoms with Gasteiger partial charge in [0.2, 0.25) is 0 Å². The lowest BCUT2D eigenvalue weighted by molar-refractivity contribution is 0.107. The summed E-state index contributed by atoms with van der Waals surface area (Å²) in [7, 11) is 0. The fourth-order valence-electron chi connectivity index (χ4n) is 1.61. The zero-order valence-corrected chi connectivity index (χ0v) is 8.81. The maximum absolute atomic E-state index is 2.48. The topological polar surface area (TPSA) is 3.24 Å². The second-order valence-electron chi connectivity index (χ2n) is 4.05. The molecule has 0 unspecified atom stereocenters. The third-order valence-electron chi connectivity index (χ3n) is 1.83. The van der Waals surface area contributed by atoms with Crippen molar-refractivity contribution in [3.63, 3.8) is 0 Å². The Morgan fingerprint density at radius 1 is 1.18 bits per heavy atom. The molecule has 0 bridgehead atoms. The molecular formula is C9H21BN. The molecule has 0 aromatic carbocycles. The second-order valence-corrected chi connectivity index (χ2v) is 4.05. The zero-order valence-electron chi connectivity index (χ0n) is 8.81. The lowest BCUT2D eigenvalue weighted by Crippen LogP contribution is -2.45. The van der Waals surface area contributed by atoms with E-state index < -0.39 is 0 Å². The summed E-state index contributed by atoms with van der Waals surface area (Å²) in [6.45, 7) is 14.6. The van der Waals surface area contributed by atoms with Gasteiger partial charge in [-0.15, -0.1) is 0 Å². The van der Waals surface area contributed by atoms with E-state index in [-0.39, 0.29) is 8.41 Å². The number of nitrogens with zero attached hydrogens (tertiary/aromatic N) is 1. The van der Waals surface area contributed by atoms with Crippen LogP contribution in [-0.4, -0.2) is 31.4 Å². The largest absolute Gasteiger partial charge is 0.296 e. The minimum atomic E-state index is 0. The number of hydrogen-bond acceptors (Lipinski definition) is 1. The van der Waals surface area contributed by atoms with Crippen LogP contribution in [0.4, 0.5) is 0 Å². The zero-order chi connectivity index (χ0) is 8.36. The van der Waals surface area contributed by atoms with Crippen molar-refractivity contribution in [1.82, 2.24) is 4.90 Å². The SMILES string of the molecule is CCN(C(C)C)C(C)(C)C.[B]. The fourth-order valence-corrected chi connectivity index (χ4v) is 1.61. The van der Waals surface area contributed by atoms with E-state index >= 15 is 0 Å². The van der Waals surface area contributed by atoms with Crippen LogP contribution in [0.25, 0.3) is 0 Å². The molecule has 0 fully saturated rings. The Morgan fingerprint density at radius 2 is 1.55 bits per heavy atom. The highest BCUT2D eigenvalue weighted by atomic mass is 15.2. The predicted molar refractivity (Wildman–Crippen MR) is 53.0 cm³/mol. The Morgan fingerprint density at radius 3 is 1.55 bits per heavy atom. The van der Waals surface area contributed by atoms with E-state index in [0.717, 1.165) is 6.54 Å². The van der Waals surface area contributed by atoms with Gasteiger partial charge in [0.25, 0.3) is 0 Å². The molecule has 2 heteroatoms. The van der Waals surface area contributed by atoms with Crippen LogP contribution < -0.4 is 0 Å². The Kier molecular flexibility index (Phi) is 5.95. The molecule has 1 nitrogen and oxygen atoms in total. The number of hydrogen-bond donors (Lipinski definition) is 0. The van der Waals surface area contributed by atoms with Crippen LogP contribution >= 0.6 is 0 Å². The summed E-state index contributed by atoms with van der Waals surface area (Å²) >= 11 is 0. The van der Waals surface area contributed by atoms with Crippen molar-refractivity contribution in [3.05, 3.63) is 0 Å². The van der Waals surface area contributed by atoms with Gasteiger partial charge in [-0.05, 0) is 41.2 Å². The van der Waals surface area contributed by atoms with Crippen molar-refractivity contribution in [2.75, 3.05) is 6.54 Å². The van der Waals surface area contributed by atoms with Gasteiger partial charge in [0.15, 0.2) is 0 Å². The molecule has 0 saturated carbocycles. The summed E-state index contributed by atoms with van der Waals surface area (Å²) in [4.78, 5) is 2.48. The van der Waals surface area contributed by atoms with E-state index in [4.69, 9.17) is 0 Å². The van der Waals surface area contributed by atoms with E-state index in [1.165, 1.54) is 0 Å². The van der Waals surface area contributed by atoms with E-state index in [1.54, 1.807) is 0 Å². The maximum atomic E-state index is 2.48. The standard InChI is InChI=1S/C9H21N.B/c1-7-10(8(2)3)9(4,5)6;/h8H,7H2,1-6H3;. The van der Waals surface area contributed by atoms with Gasteiger partial charge < -0.3 is 0 Å². The quantitative estimate of drug-likeness (QED) is 0.550. The summed E-state index contributed by atoms with van der Waals surface area (Å²) in [5.41, 5.74) is 0.322. The first-order valence-electron chi connectivity index (χ1n) is 4.16. The van der Waals surface area contributed by atoms with Crippen molar-refractivity contribution in [3.8, 4) is 0 Å². The maximum Gasteiger partial charge on any atom is 0.0127 e. The second kappa shape index (κ2) is 4.81. The molecule has 0 aromatic heterocycles. The van der Waals surface area contributed by atoms with Gasteiger partial charge in [-0.2, -0.15) is 0 Å². The van der Waals surface area contributed by atoms with E-state index in [1.807, 2.05) is 0 Å². The van der Waals surface area contributed by atoms with Gasteiger partial charge in [-0.3, -0.25) is 4.90 Å². The minimum Gasteiger partial charge on any atom is -0.296 e. The Hall–Kier alpha value is 0.0249. The smallest absolute Gasteiger partial charge is 0.0127 e. The summed E-state index contributed by atoms with van der Waals surface area (Å²) in [6, 6.07) is 0.657. The van der Waals surface area contributed by atoms with Crippen LogP contribution in [0.3, 0.4) is 0 Å². The van der Waals surface area contributed by atoms with Crippen LogP contribution in [-0.2, 0) is 0 Å². The third-order valence-corrected chi connectivity index (χ3v) is 1.83. The normalized spacial score (nSPS) is 12.0. The first kappa shape index (κ1) is 13.6. The van der Waals surface area contributed by atoms with Crippen molar-refractivity contribution in [1.29, 1.82) is 0 Å². The van der Waals surface area contributed by atoms with Crippen molar-refractivity contribution in [2.24, 2.45) is 0 Å². The molecule has 0 saturated heterocycles. The highest BCUT2D eigenvalue weighted by Gasteiger charge is 2.21. The van der Waals surface area contributed by atoms with E-state index in [0.29, 0.717) is 11.6 Å². The first-order chi connectivity index (χ1) is 4.39. The average molecular weight is 154 g/mol. The molecule has 0 aromatic rings. The highest BCUT2D eigenvalue weighted by molar-refractivity contribution is 5.75. The fraction of sp³-hybridized carbons (Fsp3) is 1.00. The van der Waals surface area contributed by atoms with Gasteiger partial charge in [-0.1, -0.05) is 6.92 Å². The molecule has 3 radical (unpaired) electrons. The predicted octanol–water partition coefficient (Wildman–Crippen LogP) is 2.13. The Balaban J connectivity index is 0. The van der Waals surface area contributed by atoms with Crippen LogP contribution in [0.15, 0.2) is 0 Å². The monoisotopic (exact) mass is 154 g/mol. The molecule has 0 aliphatic carbocycles. The van der Waals surface area contributed by atoms with Crippen LogP contribution in [0, 0.1) is 0 Å².